The molecule has 0 aromatic heterocycles. The summed E-state index contributed by atoms with van der Waals surface area (Å²) in [6.07, 6.45) is 2.13. The van der Waals surface area contributed by atoms with E-state index in [1.165, 1.54) is 61.2 Å². The zero-order chi connectivity index (χ0) is 27.4. The van der Waals surface area contributed by atoms with Gasteiger partial charge in [-0.15, -0.1) is 23.2 Å². The molecule has 0 spiro atoms. The van der Waals surface area contributed by atoms with Gasteiger partial charge in [0, 0.05) is 26.2 Å². The second-order valence-corrected chi connectivity index (χ2v) is 15.5. The van der Waals surface area contributed by atoms with Gasteiger partial charge in [-0.25, -0.2) is 0 Å². The van der Waals surface area contributed by atoms with Crippen LogP contribution in [0.2, 0.25) is 0 Å². The van der Waals surface area contributed by atoms with E-state index in [0.29, 0.717) is 11.8 Å². The second kappa shape index (κ2) is 11.6. The zero-order valence-corrected chi connectivity index (χ0v) is 29.1. The molecule has 4 heteroatoms. The van der Waals surface area contributed by atoms with Gasteiger partial charge >= 0.3 is 0 Å². The molecule has 0 saturated heterocycles. The smallest absolute Gasteiger partial charge is 0.114 e. The molecule has 0 fully saturated rings. The van der Waals surface area contributed by atoms with Gasteiger partial charge < -0.3 is 0 Å². The molecule has 2 atom stereocenters. The van der Waals surface area contributed by atoms with Gasteiger partial charge in [-0.1, -0.05) is 94.4 Å². The fraction of sp³-hybridized carbons (Fsp3) is 0.371. The second-order valence-electron chi connectivity index (χ2n) is 12.0. The fourth-order valence-corrected chi connectivity index (χ4v) is 9.70. The van der Waals surface area contributed by atoms with E-state index in [1.54, 1.807) is 0 Å². The summed E-state index contributed by atoms with van der Waals surface area (Å²) in [5.41, 5.74) is 13.9. The number of benzene rings is 3. The first kappa shape index (κ1) is 30.8. The normalized spacial score (nSPS) is 22.0. The number of alkyl halides is 2. The largest absolute Gasteiger partial charge is 0.118 e. The van der Waals surface area contributed by atoms with Crippen LogP contribution in [0.4, 0.5) is 0 Å². The third-order valence-corrected chi connectivity index (χ3v) is 11.8. The minimum Gasteiger partial charge on any atom is -0.114 e. The van der Waals surface area contributed by atoms with E-state index in [9.17, 15) is 0 Å². The van der Waals surface area contributed by atoms with Gasteiger partial charge in [0.15, 0.2) is 0 Å². The number of hydrogen-bond donors (Lipinski definition) is 0. The molecule has 0 N–H and O–H groups in total. The van der Waals surface area contributed by atoms with E-state index < -0.39 is 8.99 Å². The van der Waals surface area contributed by atoms with Crippen molar-refractivity contribution >= 4 is 43.9 Å². The van der Waals surface area contributed by atoms with Crippen molar-refractivity contribution in [3.63, 3.8) is 0 Å². The van der Waals surface area contributed by atoms with E-state index in [-0.39, 0.29) is 35.7 Å². The van der Waals surface area contributed by atoms with E-state index in [1.807, 2.05) is 0 Å². The third-order valence-electron chi connectivity index (χ3n) is 8.25. The van der Waals surface area contributed by atoms with Crippen LogP contribution in [-0.4, -0.2) is 9.52 Å². The summed E-state index contributed by atoms with van der Waals surface area (Å²) >= 11 is 15.6. The molecular formula is C35H38Cl2SiZr. The molecule has 0 heterocycles. The van der Waals surface area contributed by atoms with Crippen LogP contribution in [0.15, 0.2) is 77.9 Å². The summed E-state index contributed by atoms with van der Waals surface area (Å²) in [6, 6.07) is 24.6. The summed E-state index contributed by atoms with van der Waals surface area (Å²) in [4.78, 5) is 0. The van der Waals surface area contributed by atoms with Gasteiger partial charge in [0.05, 0.1) is 8.99 Å². The minimum atomic E-state index is -0.668. The molecular weight excluding hydrogens is 611 g/mol. The molecule has 2 unspecified atom stereocenters. The molecule has 200 valence electrons. The van der Waals surface area contributed by atoms with Crippen molar-refractivity contribution in [2.75, 3.05) is 0 Å². The monoisotopic (exact) mass is 646 g/mol. The van der Waals surface area contributed by atoms with Gasteiger partial charge in [-0.05, 0) is 107 Å². The molecule has 2 aliphatic rings. The fourth-order valence-electron chi connectivity index (χ4n) is 6.27. The van der Waals surface area contributed by atoms with E-state index >= 15 is 0 Å². The van der Waals surface area contributed by atoms with Crippen molar-refractivity contribution in [1.82, 2.24) is 0 Å². The van der Waals surface area contributed by atoms with Gasteiger partial charge in [0.25, 0.3) is 0 Å². The number of hydrogen-bond acceptors (Lipinski definition) is 0. The maximum atomic E-state index is 7.85. The molecule has 2 aliphatic carbocycles. The van der Waals surface area contributed by atoms with Gasteiger partial charge in [-0.2, -0.15) is 0 Å². The first-order valence-corrected chi connectivity index (χ1v) is 15.6. The predicted molar refractivity (Wildman–Crippen MR) is 167 cm³/mol. The molecule has 3 aromatic rings. The standard InChI is InChI=1S/C35H38Cl2Si.Zr/c1-21(2)17-26-13-15-31-29(19-26)23(5)24(6)34(31,36)38-35(37)25(7)33(28-11-9-8-10-12-28)30-20-27(18-22(3)4)14-16-32(30)35;/h8-16,19-22H,17-18H2,1-7H3;. The van der Waals surface area contributed by atoms with Crippen LogP contribution in [0.1, 0.15) is 87.4 Å². The molecule has 0 nitrogen and oxygen atoms in total. The molecule has 0 aliphatic heterocycles. The molecule has 3 aromatic carbocycles. The molecule has 0 amide bonds. The van der Waals surface area contributed by atoms with Gasteiger partial charge in [0.2, 0.25) is 0 Å². The number of allylic oxidation sites excluding steroid dienone is 3. The molecule has 5 rings (SSSR count). The Bertz CT molecular complexity index is 1450. The maximum Gasteiger partial charge on any atom is 0.118 e. The van der Waals surface area contributed by atoms with Crippen molar-refractivity contribution in [3.05, 3.63) is 117 Å². The average molecular weight is 649 g/mol. The molecule has 39 heavy (non-hydrogen) atoms. The number of rotatable bonds is 7. The third kappa shape index (κ3) is 5.41. The van der Waals surface area contributed by atoms with Crippen LogP contribution >= 0.6 is 23.2 Å². The average Bonchev–Trinajstić information content (AvgIpc) is 3.18. The number of fused-ring (bicyclic) bond motifs is 2. The van der Waals surface area contributed by atoms with Crippen LogP contribution in [0.25, 0.3) is 11.1 Å². The van der Waals surface area contributed by atoms with E-state index in [0.717, 1.165) is 12.8 Å². The van der Waals surface area contributed by atoms with Gasteiger partial charge in [0.1, 0.15) is 9.52 Å². The summed E-state index contributed by atoms with van der Waals surface area (Å²) in [7, 11) is 0.258. The molecule has 2 radical (unpaired) electrons. The summed E-state index contributed by atoms with van der Waals surface area (Å²) in [5, 5.41) is 0. The predicted octanol–water partition coefficient (Wildman–Crippen LogP) is 9.91. The Hall–Kier alpha value is -1.18. The van der Waals surface area contributed by atoms with Crippen LogP contribution < -0.4 is 0 Å². The Balaban J connectivity index is 0.00000353. The SMILES string of the molecule is CC1=C(C)C(Cl)([Si]C2(Cl)C(C)=C(c3ccccc3)c3cc(CC(C)C)ccc32)c2ccc(CC(C)C)cc21.[Zr]. The number of halogens is 2. The van der Waals surface area contributed by atoms with Crippen molar-refractivity contribution in [2.45, 2.75) is 70.3 Å². The van der Waals surface area contributed by atoms with Crippen LogP contribution in [-0.2, 0) is 48.0 Å². The Morgan fingerprint density at radius 3 is 1.69 bits per heavy atom. The first-order chi connectivity index (χ1) is 18.0. The summed E-state index contributed by atoms with van der Waals surface area (Å²) < 4.78 is -1.29. The molecule has 0 saturated carbocycles. The minimum absolute atomic E-state index is 0. The molecule has 0 bridgehead atoms. The van der Waals surface area contributed by atoms with Crippen LogP contribution in [0.3, 0.4) is 0 Å². The summed E-state index contributed by atoms with van der Waals surface area (Å²) in [6.45, 7) is 15.7. The van der Waals surface area contributed by atoms with Crippen LogP contribution in [0.5, 0.6) is 0 Å². The quantitative estimate of drug-likeness (QED) is 0.177. The van der Waals surface area contributed by atoms with Crippen molar-refractivity contribution < 1.29 is 26.2 Å². The Kier molecular flexibility index (Phi) is 9.15. The Morgan fingerprint density at radius 1 is 0.667 bits per heavy atom. The van der Waals surface area contributed by atoms with Gasteiger partial charge in [-0.3, -0.25) is 0 Å². The van der Waals surface area contributed by atoms with Crippen molar-refractivity contribution in [3.8, 4) is 0 Å². The Morgan fingerprint density at radius 2 is 1.15 bits per heavy atom. The first-order valence-electron chi connectivity index (χ1n) is 13.8. The van der Waals surface area contributed by atoms with Crippen molar-refractivity contribution in [1.29, 1.82) is 0 Å². The maximum absolute atomic E-state index is 7.85. The van der Waals surface area contributed by atoms with E-state index in [2.05, 4.69) is 115 Å². The van der Waals surface area contributed by atoms with Crippen LogP contribution in [0, 0.1) is 11.8 Å². The topological polar surface area (TPSA) is 0 Å². The zero-order valence-electron chi connectivity index (χ0n) is 24.2. The summed E-state index contributed by atoms with van der Waals surface area (Å²) in [5.74, 6) is 1.22. The van der Waals surface area contributed by atoms with Crippen molar-refractivity contribution in [2.24, 2.45) is 11.8 Å². The van der Waals surface area contributed by atoms with E-state index in [4.69, 9.17) is 23.2 Å². The Labute approximate surface area is 267 Å².